The molecule has 0 radical (unpaired) electrons. The summed E-state index contributed by atoms with van der Waals surface area (Å²) in [6, 6.07) is 5.29. The lowest BCUT2D eigenvalue weighted by atomic mass is 9.89. The van der Waals surface area contributed by atoms with Crippen molar-refractivity contribution in [2.24, 2.45) is 5.92 Å². The van der Waals surface area contributed by atoms with Gasteiger partial charge in [0.15, 0.2) is 0 Å². The molecule has 188 valence electrons. The van der Waals surface area contributed by atoms with E-state index >= 15 is 0 Å². The summed E-state index contributed by atoms with van der Waals surface area (Å²) in [5.41, 5.74) is 0.761. The van der Waals surface area contributed by atoms with Crippen LogP contribution in [0.4, 0.5) is 20.7 Å². The number of nitrogens with one attached hydrogen (secondary N) is 2. The standard InChI is InChI=1S/C25H30ClFN4O4/c1-14-6-7-20(16-9-17(26)11-18(27)10-16)31(13-14)23(33)22(32)29-19-8-15(2)21(28-12-19)30-24(34)35-25(3,4)5/h8-12,14,20H,6-7,13H2,1-5H3,(H,29,32)(H,28,30,34). The Kier molecular flexibility index (Phi) is 8.00. The zero-order valence-electron chi connectivity index (χ0n) is 20.4. The fourth-order valence-corrected chi connectivity index (χ4v) is 4.21. The van der Waals surface area contributed by atoms with Crippen LogP contribution in [-0.4, -0.2) is 39.9 Å². The molecule has 1 aliphatic heterocycles. The van der Waals surface area contributed by atoms with Crippen LogP contribution < -0.4 is 10.6 Å². The molecule has 1 aromatic heterocycles. The normalized spacial score (nSPS) is 18.1. The third-order valence-electron chi connectivity index (χ3n) is 5.50. The smallest absolute Gasteiger partial charge is 0.413 e. The topological polar surface area (TPSA) is 101 Å². The minimum atomic E-state index is -0.833. The van der Waals surface area contributed by atoms with Crippen molar-refractivity contribution in [1.29, 1.82) is 0 Å². The van der Waals surface area contributed by atoms with Crippen molar-refractivity contribution in [1.82, 2.24) is 9.88 Å². The monoisotopic (exact) mass is 504 g/mol. The van der Waals surface area contributed by atoms with Gasteiger partial charge in [-0.05, 0) is 81.8 Å². The van der Waals surface area contributed by atoms with Gasteiger partial charge in [-0.25, -0.2) is 14.2 Å². The Labute approximate surface area is 209 Å². The number of benzene rings is 1. The Balaban J connectivity index is 1.73. The molecular weight excluding hydrogens is 475 g/mol. The van der Waals surface area contributed by atoms with E-state index in [4.69, 9.17) is 16.3 Å². The number of halogens is 2. The van der Waals surface area contributed by atoms with Gasteiger partial charge in [-0.2, -0.15) is 0 Å². The van der Waals surface area contributed by atoms with Gasteiger partial charge in [0.25, 0.3) is 0 Å². The van der Waals surface area contributed by atoms with Crippen LogP contribution >= 0.6 is 11.6 Å². The van der Waals surface area contributed by atoms with Gasteiger partial charge in [0.2, 0.25) is 0 Å². The molecule has 3 rings (SSSR count). The van der Waals surface area contributed by atoms with Crippen LogP contribution in [0.3, 0.4) is 0 Å². The summed E-state index contributed by atoms with van der Waals surface area (Å²) in [5.74, 6) is -1.59. The van der Waals surface area contributed by atoms with Gasteiger partial charge >= 0.3 is 17.9 Å². The van der Waals surface area contributed by atoms with Gasteiger partial charge < -0.3 is 15.0 Å². The predicted molar refractivity (Wildman–Crippen MR) is 132 cm³/mol. The highest BCUT2D eigenvalue weighted by Gasteiger charge is 2.34. The van der Waals surface area contributed by atoms with E-state index in [1.54, 1.807) is 39.8 Å². The molecule has 2 N–H and O–H groups in total. The number of pyridine rings is 1. The first kappa shape index (κ1) is 26.4. The molecule has 10 heteroatoms. The lowest BCUT2D eigenvalue weighted by molar-refractivity contribution is -0.146. The van der Waals surface area contributed by atoms with Crippen molar-refractivity contribution in [3.63, 3.8) is 0 Å². The van der Waals surface area contributed by atoms with Gasteiger partial charge in [-0.3, -0.25) is 14.9 Å². The first-order chi connectivity index (χ1) is 16.3. The number of amides is 3. The molecule has 2 atom stereocenters. The molecule has 8 nitrogen and oxygen atoms in total. The number of nitrogens with zero attached hydrogens (tertiary/aromatic N) is 2. The van der Waals surface area contributed by atoms with E-state index in [1.807, 2.05) is 6.92 Å². The number of hydrogen-bond acceptors (Lipinski definition) is 5. The van der Waals surface area contributed by atoms with Crippen molar-refractivity contribution < 1.29 is 23.5 Å². The summed E-state index contributed by atoms with van der Waals surface area (Å²) in [4.78, 5) is 43.6. The molecule has 3 amide bonds. The van der Waals surface area contributed by atoms with Gasteiger partial charge in [-0.15, -0.1) is 0 Å². The van der Waals surface area contributed by atoms with Crippen LogP contribution in [0, 0.1) is 18.7 Å². The summed E-state index contributed by atoms with van der Waals surface area (Å²) in [7, 11) is 0. The lowest BCUT2D eigenvalue weighted by Crippen LogP contribution is -2.46. The van der Waals surface area contributed by atoms with E-state index in [0.717, 1.165) is 6.42 Å². The summed E-state index contributed by atoms with van der Waals surface area (Å²) < 4.78 is 19.2. The Bertz CT molecular complexity index is 1110. The maximum absolute atomic E-state index is 14.0. The Morgan fingerprint density at radius 1 is 1.14 bits per heavy atom. The molecule has 35 heavy (non-hydrogen) atoms. The Morgan fingerprint density at radius 3 is 2.49 bits per heavy atom. The Hall–Kier alpha value is -3.20. The summed E-state index contributed by atoms with van der Waals surface area (Å²) in [6.07, 6.45) is 2.11. The molecule has 2 unspecified atom stereocenters. The van der Waals surface area contributed by atoms with Crippen molar-refractivity contribution in [3.05, 3.63) is 52.4 Å². The number of ether oxygens (including phenoxy) is 1. The van der Waals surface area contributed by atoms with Crippen LogP contribution in [0.1, 0.15) is 57.7 Å². The number of piperidine rings is 1. The van der Waals surface area contributed by atoms with Crippen LogP contribution in [0.25, 0.3) is 0 Å². The van der Waals surface area contributed by atoms with Crippen LogP contribution in [0.15, 0.2) is 30.5 Å². The molecule has 1 fully saturated rings. The zero-order chi connectivity index (χ0) is 25.9. The number of carbonyl (C=O) groups excluding carboxylic acids is 3. The molecule has 0 bridgehead atoms. The lowest BCUT2D eigenvalue weighted by Gasteiger charge is -2.38. The first-order valence-corrected chi connectivity index (χ1v) is 11.7. The number of carbonyl (C=O) groups is 3. The van der Waals surface area contributed by atoms with E-state index in [9.17, 15) is 18.8 Å². The van der Waals surface area contributed by atoms with Crippen molar-refractivity contribution in [3.8, 4) is 0 Å². The fraction of sp³-hybridized carbons (Fsp3) is 0.440. The second kappa shape index (κ2) is 10.6. The molecule has 0 saturated carbocycles. The van der Waals surface area contributed by atoms with Gasteiger partial charge in [0, 0.05) is 11.6 Å². The van der Waals surface area contributed by atoms with E-state index in [1.165, 1.54) is 23.2 Å². The predicted octanol–water partition coefficient (Wildman–Crippen LogP) is 5.47. The summed E-state index contributed by atoms with van der Waals surface area (Å²) in [5, 5.41) is 5.36. The molecule has 1 aliphatic rings. The van der Waals surface area contributed by atoms with E-state index in [0.29, 0.717) is 29.8 Å². The van der Waals surface area contributed by atoms with Crippen LogP contribution in [0.2, 0.25) is 5.02 Å². The second-order valence-electron chi connectivity index (χ2n) is 9.83. The maximum atomic E-state index is 14.0. The molecule has 2 aromatic rings. The molecule has 0 aliphatic carbocycles. The maximum Gasteiger partial charge on any atom is 0.413 e. The highest BCUT2D eigenvalue weighted by atomic mass is 35.5. The molecule has 1 aromatic carbocycles. The number of aryl methyl sites for hydroxylation is 1. The summed E-state index contributed by atoms with van der Waals surface area (Å²) >= 11 is 6.02. The number of likely N-dealkylation sites (tertiary alicyclic amines) is 1. The largest absolute Gasteiger partial charge is 0.444 e. The van der Waals surface area contributed by atoms with Crippen molar-refractivity contribution in [2.45, 2.75) is 59.1 Å². The SMILES string of the molecule is Cc1cc(NC(=O)C(=O)N2CC(C)CCC2c2cc(F)cc(Cl)c2)cnc1NC(=O)OC(C)(C)C. The Morgan fingerprint density at radius 2 is 1.86 bits per heavy atom. The number of hydrogen-bond donors (Lipinski definition) is 2. The van der Waals surface area contributed by atoms with E-state index < -0.39 is 35.4 Å². The average molecular weight is 505 g/mol. The quantitative estimate of drug-likeness (QED) is 0.540. The zero-order valence-corrected chi connectivity index (χ0v) is 21.2. The highest BCUT2D eigenvalue weighted by molar-refractivity contribution is 6.39. The second-order valence-corrected chi connectivity index (χ2v) is 10.3. The molecule has 1 saturated heterocycles. The number of aromatic nitrogens is 1. The number of anilines is 2. The first-order valence-electron chi connectivity index (χ1n) is 11.4. The van der Waals surface area contributed by atoms with Crippen LogP contribution in [-0.2, 0) is 14.3 Å². The van der Waals surface area contributed by atoms with E-state index in [-0.39, 0.29) is 16.8 Å². The van der Waals surface area contributed by atoms with Gasteiger partial charge in [0.05, 0.1) is 17.9 Å². The fourth-order valence-electron chi connectivity index (χ4n) is 3.98. The molecule has 0 spiro atoms. The third kappa shape index (κ3) is 7.14. The molecular formula is C25H30ClFN4O4. The van der Waals surface area contributed by atoms with Gasteiger partial charge in [0.1, 0.15) is 17.2 Å². The van der Waals surface area contributed by atoms with Gasteiger partial charge in [-0.1, -0.05) is 18.5 Å². The molecule has 2 heterocycles. The third-order valence-corrected chi connectivity index (χ3v) is 5.72. The minimum absolute atomic E-state index is 0.189. The van der Waals surface area contributed by atoms with Crippen molar-refractivity contribution in [2.75, 3.05) is 17.2 Å². The van der Waals surface area contributed by atoms with Crippen LogP contribution in [0.5, 0.6) is 0 Å². The van der Waals surface area contributed by atoms with E-state index in [2.05, 4.69) is 15.6 Å². The highest BCUT2D eigenvalue weighted by Crippen LogP contribution is 2.35. The average Bonchev–Trinajstić information content (AvgIpc) is 2.73. The van der Waals surface area contributed by atoms with Crippen molar-refractivity contribution >= 4 is 41.0 Å². The number of rotatable bonds is 3. The minimum Gasteiger partial charge on any atom is -0.444 e. The summed E-state index contributed by atoms with van der Waals surface area (Å²) in [6.45, 7) is 9.31.